The Hall–Kier alpha value is -1.41. The van der Waals surface area contributed by atoms with Crippen molar-refractivity contribution >= 4 is 11.6 Å². The van der Waals surface area contributed by atoms with Gasteiger partial charge in [-0.1, -0.05) is 18.7 Å². The third kappa shape index (κ3) is 2.05. The maximum Gasteiger partial charge on any atom is 0.0343 e. The van der Waals surface area contributed by atoms with Gasteiger partial charge in [-0.15, -0.1) is 0 Å². The van der Waals surface area contributed by atoms with E-state index in [-0.39, 0.29) is 0 Å². The molecule has 2 heteroatoms. The number of aromatic nitrogens is 1. The van der Waals surface area contributed by atoms with E-state index in [1.165, 1.54) is 37.1 Å². The number of rotatable bonds is 2. The summed E-state index contributed by atoms with van der Waals surface area (Å²) in [7, 11) is 0. The summed E-state index contributed by atoms with van der Waals surface area (Å²) in [5.41, 5.74) is 3.84. The van der Waals surface area contributed by atoms with Crippen molar-refractivity contribution in [3.8, 4) is 0 Å². The third-order valence-corrected chi connectivity index (χ3v) is 3.99. The van der Waals surface area contributed by atoms with Crippen LogP contribution in [-0.4, -0.2) is 18.1 Å². The average molecular weight is 226 g/mol. The van der Waals surface area contributed by atoms with Gasteiger partial charge in [0.05, 0.1) is 0 Å². The number of hydrogen-bond acceptors (Lipinski definition) is 2. The molecule has 2 atom stereocenters. The van der Waals surface area contributed by atoms with Crippen LogP contribution in [0.2, 0.25) is 0 Å². The molecule has 1 aromatic rings. The molecule has 2 unspecified atom stereocenters. The molecule has 1 saturated heterocycles. The Bertz CT molecular complexity index is 462. The molecule has 0 radical (unpaired) electrons. The molecule has 1 fully saturated rings. The maximum atomic E-state index is 4.29. The van der Waals surface area contributed by atoms with Crippen molar-refractivity contribution in [3.63, 3.8) is 0 Å². The number of nitrogens with zero attached hydrogens (tertiary/aromatic N) is 1. The molecule has 0 spiro atoms. The van der Waals surface area contributed by atoms with Crippen LogP contribution in [0, 0.1) is 11.8 Å². The monoisotopic (exact) mass is 226 g/mol. The van der Waals surface area contributed by atoms with Crippen LogP contribution in [0.5, 0.6) is 0 Å². The molecule has 3 rings (SSSR count). The van der Waals surface area contributed by atoms with Gasteiger partial charge in [-0.25, -0.2) is 0 Å². The Morgan fingerprint density at radius 2 is 2.18 bits per heavy atom. The van der Waals surface area contributed by atoms with Crippen molar-refractivity contribution in [2.45, 2.75) is 12.8 Å². The molecule has 0 saturated carbocycles. The number of fused-ring (bicyclic) bond motifs is 1. The Kier molecular flexibility index (Phi) is 2.81. The van der Waals surface area contributed by atoms with Crippen LogP contribution in [0.3, 0.4) is 0 Å². The second-order valence-corrected chi connectivity index (χ2v) is 5.06. The molecular weight excluding hydrogens is 208 g/mol. The molecule has 1 aromatic heterocycles. The van der Waals surface area contributed by atoms with Crippen molar-refractivity contribution < 1.29 is 0 Å². The zero-order chi connectivity index (χ0) is 11.7. The predicted octanol–water partition coefficient (Wildman–Crippen LogP) is 2.74. The molecule has 1 aliphatic heterocycles. The summed E-state index contributed by atoms with van der Waals surface area (Å²) < 4.78 is 0. The fourth-order valence-corrected chi connectivity index (χ4v) is 2.94. The smallest absolute Gasteiger partial charge is 0.0343 e. The van der Waals surface area contributed by atoms with E-state index in [2.05, 4.69) is 29.0 Å². The molecule has 0 amide bonds. The lowest BCUT2D eigenvalue weighted by Gasteiger charge is -2.24. The van der Waals surface area contributed by atoms with E-state index in [1.54, 1.807) is 0 Å². The van der Waals surface area contributed by atoms with Crippen LogP contribution in [0.15, 0.2) is 31.1 Å². The highest BCUT2D eigenvalue weighted by Crippen LogP contribution is 2.36. The highest BCUT2D eigenvalue weighted by Gasteiger charge is 2.30. The highest BCUT2D eigenvalue weighted by atomic mass is 14.9. The summed E-state index contributed by atoms with van der Waals surface area (Å²) in [6, 6.07) is 2.19. The van der Waals surface area contributed by atoms with Gasteiger partial charge in [-0.2, -0.15) is 0 Å². The van der Waals surface area contributed by atoms with Gasteiger partial charge in [-0.05, 0) is 60.5 Å². The van der Waals surface area contributed by atoms with E-state index in [0.29, 0.717) is 0 Å². The molecule has 2 aliphatic rings. The fraction of sp³-hybridized carbons (Fsp3) is 0.400. The van der Waals surface area contributed by atoms with E-state index >= 15 is 0 Å². The number of pyridine rings is 1. The standard InChI is InChI=1S/C15H18N2/c1-2-11-5-14(9-16-7-11)12-3-4-13-8-17-10-15(13)6-12/h2-3,5,7,9,13,15,17H,1,4,6,8,10H2. The van der Waals surface area contributed by atoms with E-state index in [9.17, 15) is 0 Å². The van der Waals surface area contributed by atoms with E-state index in [0.717, 1.165) is 17.4 Å². The van der Waals surface area contributed by atoms with Gasteiger partial charge in [0.25, 0.3) is 0 Å². The summed E-state index contributed by atoms with van der Waals surface area (Å²) >= 11 is 0. The highest BCUT2D eigenvalue weighted by molar-refractivity contribution is 5.68. The summed E-state index contributed by atoms with van der Waals surface area (Å²) in [5, 5.41) is 3.49. The summed E-state index contributed by atoms with van der Waals surface area (Å²) in [4.78, 5) is 4.29. The normalized spacial score (nSPS) is 27.4. The Balaban J connectivity index is 1.86. The van der Waals surface area contributed by atoms with Crippen LogP contribution in [-0.2, 0) is 0 Å². The minimum Gasteiger partial charge on any atom is -0.316 e. The summed E-state index contributed by atoms with van der Waals surface area (Å²) in [6.07, 6.45) is 10.5. The first kappa shape index (κ1) is 10.7. The topological polar surface area (TPSA) is 24.9 Å². The van der Waals surface area contributed by atoms with Crippen LogP contribution in [0.1, 0.15) is 24.0 Å². The molecule has 0 aromatic carbocycles. The van der Waals surface area contributed by atoms with E-state index in [1.807, 2.05) is 18.5 Å². The average Bonchev–Trinajstić information content (AvgIpc) is 2.86. The van der Waals surface area contributed by atoms with Crippen molar-refractivity contribution in [3.05, 3.63) is 42.2 Å². The lowest BCUT2D eigenvalue weighted by atomic mass is 9.80. The minimum atomic E-state index is 0.822. The lowest BCUT2D eigenvalue weighted by Crippen LogP contribution is -2.16. The van der Waals surface area contributed by atoms with Gasteiger partial charge in [0, 0.05) is 12.4 Å². The SMILES string of the molecule is C=Cc1cncc(C2=CCC3CNCC3C2)c1. The fourth-order valence-electron chi connectivity index (χ4n) is 2.94. The van der Waals surface area contributed by atoms with Gasteiger partial charge in [0.1, 0.15) is 0 Å². The first-order valence-corrected chi connectivity index (χ1v) is 6.34. The quantitative estimate of drug-likeness (QED) is 0.838. The summed E-state index contributed by atoms with van der Waals surface area (Å²) in [5.74, 6) is 1.68. The number of hydrogen-bond donors (Lipinski definition) is 1. The van der Waals surface area contributed by atoms with Crippen molar-refractivity contribution in [1.29, 1.82) is 0 Å². The minimum absolute atomic E-state index is 0.822. The Labute approximate surface area is 102 Å². The van der Waals surface area contributed by atoms with E-state index < -0.39 is 0 Å². The molecular formula is C15H18N2. The zero-order valence-electron chi connectivity index (χ0n) is 10.0. The van der Waals surface area contributed by atoms with Gasteiger partial charge in [-0.3, -0.25) is 4.98 Å². The molecule has 17 heavy (non-hydrogen) atoms. The van der Waals surface area contributed by atoms with Crippen LogP contribution >= 0.6 is 0 Å². The Morgan fingerprint density at radius 1 is 1.29 bits per heavy atom. The van der Waals surface area contributed by atoms with Gasteiger partial charge >= 0.3 is 0 Å². The van der Waals surface area contributed by atoms with Crippen molar-refractivity contribution in [1.82, 2.24) is 10.3 Å². The molecule has 0 bridgehead atoms. The number of nitrogens with one attached hydrogen (secondary N) is 1. The molecule has 1 aliphatic carbocycles. The van der Waals surface area contributed by atoms with Gasteiger partial charge < -0.3 is 5.32 Å². The largest absolute Gasteiger partial charge is 0.316 e. The maximum absolute atomic E-state index is 4.29. The third-order valence-electron chi connectivity index (χ3n) is 3.99. The molecule has 1 N–H and O–H groups in total. The van der Waals surface area contributed by atoms with Crippen molar-refractivity contribution in [2.24, 2.45) is 11.8 Å². The first-order valence-electron chi connectivity index (χ1n) is 6.34. The number of allylic oxidation sites excluding steroid dienone is 2. The van der Waals surface area contributed by atoms with Gasteiger partial charge in [0.15, 0.2) is 0 Å². The van der Waals surface area contributed by atoms with Gasteiger partial charge in [0.2, 0.25) is 0 Å². The van der Waals surface area contributed by atoms with Crippen LogP contribution in [0.25, 0.3) is 11.6 Å². The predicted molar refractivity (Wildman–Crippen MR) is 71.4 cm³/mol. The second kappa shape index (κ2) is 4.46. The van der Waals surface area contributed by atoms with Crippen LogP contribution < -0.4 is 5.32 Å². The Morgan fingerprint density at radius 3 is 3.06 bits per heavy atom. The van der Waals surface area contributed by atoms with Crippen molar-refractivity contribution in [2.75, 3.05) is 13.1 Å². The first-order chi connectivity index (χ1) is 8.36. The molecule has 2 nitrogen and oxygen atoms in total. The second-order valence-electron chi connectivity index (χ2n) is 5.06. The zero-order valence-corrected chi connectivity index (χ0v) is 10.0. The summed E-state index contributed by atoms with van der Waals surface area (Å²) in [6.45, 7) is 6.17. The van der Waals surface area contributed by atoms with Crippen LogP contribution in [0.4, 0.5) is 0 Å². The lowest BCUT2D eigenvalue weighted by molar-refractivity contribution is 0.418. The molecule has 88 valence electrons. The molecule has 2 heterocycles. The van der Waals surface area contributed by atoms with E-state index in [4.69, 9.17) is 0 Å².